The molecule has 0 saturated carbocycles. The van der Waals surface area contributed by atoms with Gasteiger partial charge in [0.1, 0.15) is 18.5 Å². The number of carbonyl (C=O) groups excluding carboxylic acids is 3. The summed E-state index contributed by atoms with van der Waals surface area (Å²) in [4.78, 5) is 63.9. The Labute approximate surface area is 206 Å². The van der Waals surface area contributed by atoms with Gasteiger partial charge in [0.25, 0.3) is 17.7 Å². The molecule has 0 radical (unpaired) electrons. The average Bonchev–Trinajstić information content (AvgIpc) is 3.42. The Bertz CT molecular complexity index is 1230. The number of carboxylic acid groups (broad SMARTS) is 1. The summed E-state index contributed by atoms with van der Waals surface area (Å²) in [6, 6.07) is -1.60. The number of β-lactam (4-membered cyclic amide) rings is 2. The van der Waals surface area contributed by atoms with Gasteiger partial charge in [0.05, 0.1) is 11.2 Å². The molecule has 0 spiro atoms. The molecule has 2 aromatic rings. The summed E-state index contributed by atoms with van der Waals surface area (Å²) in [6.45, 7) is 1.79. The number of allylic oxidation sites excluding steroid dienone is 1. The first-order valence-electron chi connectivity index (χ1n) is 9.36. The Morgan fingerprint density at radius 2 is 2.09 bits per heavy atom. The SMILES string of the molecule is CO/N=C(\C(=O)NC1C(=O)N(C(C(=O)O)=C(/C=C\c2scnc2C)CS)C1=O)c1csc(N)n1. The Kier molecular flexibility index (Phi) is 7.80. The van der Waals surface area contributed by atoms with Gasteiger partial charge in [0.2, 0.25) is 0 Å². The van der Waals surface area contributed by atoms with Crippen molar-refractivity contribution in [2.45, 2.75) is 13.0 Å². The van der Waals surface area contributed by atoms with Gasteiger partial charge in [0.15, 0.2) is 16.9 Å². The maximum absolute atomic E-state index is 12.7. The van der Waals surface area contributed by atoms with Crippen molar-refractivity contribution in [2.75, 3.05) is 18.6 Å². The van der Waals surface area contributed by atoms with Gasteiger partial charge >= 0.3 is 5.97 Å². The number of carbonyl (C=O) groups is 4. The highest BCUT2D eigenvalue weighted by Crippen LogP contribution is 2.25. The van der Waals surface area contributed by atoms with E-state index in [-0.39, 0.29) is 27.9 Å². The van der Waals surface area contributed by atoms with Crippen LogP contribution in [0.5, 0.6) is 0 Å². The van der Waals surface area contributed by atoms with Crippen LogP contribution in [0, 0.1) is 6.92 Å². The van der Waals surface area contributed by atoms with Crippen LogP contribution in [0.3, 0.4) is 0 Å². The van der Waals surface area contributed by atoms with Crippen molar-refractivity contribution < 1.29 is 29.1 Å². The first-order chi connectivity index (χ1) is 16.2. The maximum Gasteiger partial charge on any atom is 0.353 e. The molecule has 2 aromatic heterocycles. The number of thiazole rings is 2. The first kappa shape index (κ1) is 25.1. The van der Waals surface area contributed by atoms with Crippen LogP contribution in [0.2, 0.25) is 0 Å². The highest BCUT2D eigenvalue weighted by Gasteiger charge is 2.52. The summed E-state index contributed by atoms with van der Waals surface area (Å²) in [5.41, 5.74) is 7.30. The molecule has 1 aliphatic heterocycles. The van der Waals surface area contributed by atoms with Gasteiger partial charge in [-0.1, -0.05) is 11.2 Å². The molecule has 0 atom stereocenters. The number of aromatic nitrogens is 2. The predicted octanol–water partition coefficient (Wildman–Crippen LogP) is 0.676. The zero-order chi connectivity index (χ0) is 25.0. The largest absolute Gasteiger partial charge is 0.477 e. The molecule has 178 valence electrons. The highest BCUT2D eigenvalue weighted by molar-refractivity contribution is 7.80. The fraction of sp³-hybridized carbons (Fsp3) is 0.211. The molecule has 0 aromatic carbocycles. The average molecular weight is 523 g/mol. The van der Waals surface area contributed by atoms with Gasteiger partial charge in [-0.2, -0.15) is 12.6 Å². The van der Waals surface area contributed by atoms with Crippen molar-refractivity contribution in [2.24, 2.45) is 5.16 Å². The lowest BCUT2D eigenvalue weighted by Gasteiger charge is -2.36. The molecular formula is C19H18N6O6S3. The van der Waals surface area contributed by atoms with E-state index in [0.717, 1.165) is 21.9 Å². The maximum atomic E-state index is 12.7. The zero-order valence-electron chi connectivity index (χ0n) is 17.7. The second kappa shape index (κ2) is 10.6. The number of nitrogen functional groups attached to an aromatic ring is 1. The van der Waals surface area contributed by atoms with Crippen LogP contribution in [0.4, 0.5) is 5.13 Å². The van der Waals surface area contributed by atoms with Crippen molar-refractivity contribution in [3.8, 4) is 0 Å². The van der Waals surface area contributed by atoms with Crippen molar-refractivity contribution >= 4 is 75.9 Å². The van der Waals surface area contributed by atoms with E-state index in [1.807, 2.05) is 0 Å². The molecule has 15 heteroatoms. The van der Waals surface area contributed by atoms with Crippen molar-refractivity contribution in [3.63, 3.8) is 0 Å². The van der Waals surface area contributed by atoms with Crippen LogP contribution in [-0.4, -0.2) is 68.3 Å². The Morgan fingerprint density at radius 1 is 1.38 bits per heavy atom. The van der Waals surface area contributed by atoms with E-state index in [4.69, 9.17) is 5.73 Å². The number of thiol groups is 1. The number of hydrogen-bond acceptors (Lipinski definition) is 12. The molecule has 0 bridgehead atoms. The van der Waals surface area contributed by atoms with E-state index in [0.29, 0.717) is 4.90 Å². The Hall–Kier alpha value is -3.56. The van der Waals surface area contributed by atoms with Gasteiger partial charge in [-0.25, -0.2) is 19.7 Å². The fourth-order valence-corrected chi connectivity index (χ4v) is 4.37. The molecule has 34 heavy (non-hydrogen) atoms. The smallest absolute Gasteiger partial charge is 0.353 e. The van der Waals surface area contributed by atoms with Crippen molar-refractivity contribution in [1.29, 1.82) is 0 Å². The van der Waals surface area contributed by atoms with Crippen LogP contribution >= 0.6 is 35.3 Å². The minimum absolute atomic E-state index is 0.0695. The molecule has 3 rings (SSSR count). The number of aliphatic carboxylic acids is 1. The van der Waals surface area contributed by atoms with Crippen LogP contribution < -0.4 is 11.1 Å². The number of oxime groups is 1. The van der Waals surface area contributed by atoms with Crippen LogP contribution in [0.1, 0.15) is 16.3 Å². The summed E-state index contributed by atoms with van der Waals surface area (Å²) in [6.07, 6.45) is 3.09. The van der Waals surface area contributed by atoms with E-state index in [1.54, 1.807) is 18.5 Å². The number of nitrogens with zero attached hydrogens (tertiary/aromatic N) is 4. The normalized spacial score (nSPS) is 15.4. The van der Waals surface area contributed by atoms with E-state index < -0.39 is 35.4 Å². The number of anilines is 1. The molecule has 0 aliphatic carbocycles. The van der Waals surface area contributed by atoms with E-state index in [9.17, 15) is 24.3 Å². The van der Waals surface area contributed by atoms with Crippen molar-refractivity contribution in [1.82, 2.24) is 20.2 Å². The number of nitrogens with two attached hydrogens (primary N) is 1. The van der Waals surface area contributed by atoms with Gasteiger partial charge in [-0.3, -0.25) is 14.4 Å². The summed E-state index contributed by atoms with van der Waals surface area (Å²) < 4.78 is 0. The third-order valence-corrected chi connectivity index (χ3v) is 6.40. The number of nitrogens with one attached hydrogen (secondary N) is 1. The second-order valence-corrected chi connectivity index (χ2v) is 8.68. The topological polar surface area (TPSA) is 177 Å². The number of carboxylic acids is 1. The summed E-state index contributed by atoms with van der Waals surface area (Å²) in [5, 5.41) is 17.1. The first-order valence-corrected chi connectivity index (χ1v) is 11.7. The zero-order valence-corrected chi connectivity index (χ0v) is 20.2. The van der Waals surface area contributed by atoms with E-state index in [1.165, 1.54) is 29.9 Å². The molecule has 3 amide bonds. The standard InChI is InChI=1S/C19H18N6O6S3/c1-8-11(34-7-21-8)4-3-9(5-32)14(18(29)30)25-16(27)13(17(25)28)23-15(26)12(24-31-2)10-6-33-19(20)22-10/h3-4,6-7,13,32H,5H2,1-2H3,(H2,20,22)(H,23,26)(H,29,30)/b4-3-,14-9?,24-12-. The lowest BCUT2D eigenvalue weighted by molar-refractivity contribution is -0.162. The summed E-state index contributed by atoms with van der Waals surface area (Å²) >= 11 is 6.54. The molecule has 1 saturated heterocycles. The van der Waals surface area contributed by atoms with Crippen LogP contribution in [-0.2, 0) is 24.0 Å². The van der Waals surface area contributed by atoms with Crippen molar-refractivity contribution in [3.05, 3.63) is 44.5 Å². The molecule has 4 N–H and O–H groups in total. The third-order valence-electron chi connectivity index (χ3n) is 4.49. The number of hydrogen-bond donors (Lipinski definition) is 4. The lowest BCUT2D eigenvalue weighted by atomic mass is 10.0. The summed E-state index contributed by atoms with van der Waals surface area (Å²) in [7, 11) is 1.20. The molecule has 3 heterocycles. The molecular weight excluding hydrogens is 504 g/mol. The van der Waals surface area contributed by atoms with Crippen LogP contribution in [0.25, 0.3) is 6.08 Å². The number of likely N-dealkylation sites (tertiary alicyclic amines) is 1. The molecule has 1 fully saturated rings. The summed E-state index contributed by atoms with van der Waals surface area (Å²) in [5.74, 6) is -4.34. The van der Waals surface area contributed by atoms with E-state index in [2.05, 4.69) is 37.9 Å². The van der Waals surface area contributed by atoms with Crippen LogP contribution in [0.15, 0.2) is 33.4 Å². The van der Waals surface area contributed by atoms with Gasteiger partial charge in [0, 0.05) is 16.0 Å². The number of imide groups is 1. The fourth-order valence-electron chi connectivity index (χ4n) is 2.87. The molecule has 1 aliphatic rings. The Balaban J connectivity index is 1.83. The second-order valence-electron chi connectivity index (χ2n) is 6.58. The molecule has 0 unspecified atom stereocenters. The third kappa shape index (κ3) is 5.00. The monoisotopic (exact) mass is 522 g/mol. The lowest BCUT2D eigenvalue weighted by Crippen LogP contribution is -2.68. The number of amides is 3. The van der Waals surface area contributed by atoms with Gasteiger partial charge < -0.3 is 21.0 Å². The quantitative estimate of drug-likeness (QED) is 0.0701. The highest BCUT2D eigenvalue weighted by atomic mass is 32.1. The Morgan fingerprint density at radius 3 is 2.59 bits per heavy atom. The number of rotatable bonds is 9. The predicted molar refractivity (Wildman–Crippen MR) is 128 cm³/mol. The van der Waals surface area contributed by atoms with Gasteiger partial charge in [-0.05, 0) is 18.6 Å². The van der Waals surface area contributed by atoms with E-state index >= 15 is 0 Å². The molecule has 12 nitrogen and oxygen atoms in total. The minimum Gasteiger partial charge on any atom is -0.477 e. The minimum atomic E-state index is -1.60. The van der Waals surface area contributed by atoms with Gasteiger partial charge in [-0.15, -0.1) is 22.7 Å². The number of aryl methyl sites for hydroxylation is 1.